The molecule has 2 nitrogen and oxygen atoms in total. The number of amides is 1. The summed E-state index contributed by atoms with van der Waals surface area (Å²) in [6.45, 7) is 4.19. The van der Waals surface area contributed by atoms with E-state index < -0.39 is 24.0 Å². The van der Waals surface area contributed by atoms with Crippen molar-refractivity contribution in [2.45, 2.75) is 26.9 Å². The van der Waals surface area contributed by atoms with Crippen molar-refractivity contribution in [3.63, 3.8) is 0 Å². The van der Waals surface area contributed by atoms with Crippen molar-refractivity contribution in [2.75, 3.05) is 13.1 Å². The van der Waals surface area contributed by atoms with Crippen molar-refractivity contribution >= 4 is 49.1 Å². The Morgan fingerprint density at radius 3 is 2.15 bits per heavy atom. The van der Waals surface area contributed by atoms with Crippen LogP contribution in [0.2, 0.25) is 0 Å². The minimum Gasteiger partial charge on any atom is -0.328 e. The Hall–Kier alpha value is -0.0800. The molecular formula is C12H14Br2F3NOS. The summed E-state index contributed by atoms with van der Waals surface area (Å²) in [4.78, 5) is 13.4. The fourth-order valence-electron chi connectivity index (χ4n) is 1.60. The molecule has 1 rings (SSSR count). The highest BCUT2D eigenvalue weighted by atomic mass is 79.9. The van der Waals surface area contributed by atoms with Crippen LogP contribution in [-0.4, -0.2) is 30.1 Å². The van der Waals surface area contributed by atoms with Crippen molar-refractivity contribution in [3.8, 4) is 0 Å². The van der Waals surface area contributed by atoms with Crippen LogP contribution in [-0.2, 0) is 0 Å². The fraction of sp³-hybridized carbons (Fsp3) is 0.583. The summed E-state index contributed by atoms with van der Waals surface area (Å²) in [6.07, 6.45) is -4.41. The Balaban J connectivity index is 3.00. The molecule has 114 valence electrons. The van der Waals surface area contributed by atoms with Gasteiger partial charge in [-0.25, -0.2) is 0 Å². The van der Waals surface area contributed by atoms with Gasteiger partial charge in [0.2, 0.25) is 0 Å². The summed E-state index contributed by atoms with van der Waals surface area (Å²) in [5.74, 6) is -0.603. The van der Waals surface area contributed by atoms with Gasteiger partial charge in [-0.3, -0.25) is 4.79 Å². The van der Waals surface area contributed by atoms with Gasteiger partial charge in [0.1, 0.15) is 6.54 Å². The first-order valence-corrected chi connectivity index (χ1v) is 8.10. The standard InChI is InChI=1S/C12H14Br2F3NOS/c1-11(2,3)5-18(6-12(15,16)17)10(19)8-4-7(13)9(14)20-8/h4H,5-6H2,1-3H3. The van der Waals surface area contributed by atoms with Gasteiger partial charge in [-0.1, -0.05) is 20.8 Å². The number of nitrogens with zero attached hydrogens (tertiary/aromatic N) is 1. The number of carbonyl (C=O) groups excluding carboxylic acids is 1. The summed E-state index contributed by atoms with van der Waals surface area (Å²) in [6, 6.07) is 1.53. The van der Waals surface area contributed by atoms with Gasteiger partial charge >= 0.3 is 6.18 Å². The monoisotopic (exact) mass is 435 g/mol. The van der Waals surface area contributed by atoms with Crippen molar-refractivity contribution < 1.29 is 18.0 Å². The van der Waals surface area contributed by atoms with E-state index in [2.05, 4.69) is 31.9 Å². The second-order valence-electron chi connectivity index (χ2n) is 5.57. The van der Waals surface area contributed by atoms with Gasteiger partial charge < -0.3 is 4.90 Å². The average Bonchev–Trinajstić information content (AvgIpc) is 2.53. The molecule has 0 N–H and O–H groups in total. The molecule has 0 aromatic carbocycles. The van der Waals surface area contributed by atoms with E-state index >= 15 is 0 Å². The average molecular weight is 437 g/mol. The van der Waals surface area contributed by atoms with Gasteiger partial charge in [0.15, 0.2) is 0 Å². The molecule has 0 radical (unpaired) electrons. The first kappa shape index (κ1) is 18.0. The molecule has 0 atom stereocenters. The highest BCUT2D eigenvalue weighted by Crippen LogP contribution is 2.34. The van der Waals surface area contributed by atoms with Crippen molar-refractivity contribution in [1.82, 2.24) is 4.90 Å². The molecule has 1 aromatic heterocycles. The van der Waals surface area contributed by atoms with Crippen LogP contribution in [0.4, 0.5) is 13.2 Å². The van der Waals surface area contributed by atoms with Crippen molar-refractivity contribution in [2.24, 2.45) is 5.41 Å². The van der Waals surface area contributed by atoms with Gasteiger partial charge in [0, 0.05) is 11.0 Å². The molecule has 1 heterocycles. The van der Waals surface area contributed by atoms with E-state index in [0.717, 1.165) is 16.2 Å². The minimum atomic E-state index is -4.41. The number of thiophene rings is 1. The summed E-state index contributed by atoms with van der Waals surface area (Å²) < 4.78 is 39.2. The molecule has 0 aliphatic rings. The summed E-state index contributed by atoms with van der Waals surface area (Å²) in [5.41, 5.74) is -0.410. The van der Waals surface area contributed by atoms with E-state index in [4.69, 9.17) is 0 Å². The SMILES string of the molecule is CC(C)(C)CN(CC(F)(F)F)C(=O)c1cc(Br)c(Br)s1. The first-order valence-electron chi connectivity index (χ1n) is 5.70. The third-order valence-corrected chi connectivity index (χ3v) is 5.42. The topological polar surface area (TPSA) is 20.3 Å². The van der Waals surface area contributed by atoms with Crippen LogP contribution >= 0.6 is 43.2 Å². The molecular weight excluding hydrogens is 423 g/mol. The maximum absolute atomic E-state index is 12.6. The maximum atomic E-state index is 12.6. The van der Waals surface area contributed by atoms with Gasteiger partial charge in [0.25, 0.3) is 5.91 Å². The lowest BCUT2D eigenvalue weighted by Crippen LogP contribution is -2.43. The predicted octanol–water partition coefficient (Wildman–Crippen LogP) is 5.32. The van der Waals surface area contributed by atoms with E-state index in [1.54, 1.807) is 20.8 Å². The zero-order chi connectivity index (χ0) is 15.7. The van der Waals surface area contributed by atoms with E-state index in [1.165, 1.54) is 6.07 Å². The van der Waals surface area contributed by atoms with E-state index in [0.29, 0.717) is 8.26 Å². The van der Waals surface area contributed by atoms with E-state index in [9.17, 15) is 18.0 Å². The Morgan fingerprint density at radius 1 is 1.25 bits per heavy atom. The molecule has 0 fully saturated rings. The van der Waals surface area contributed by atoms with Crippen LogP contribution in [0, 0.1) is 5.41 Å². The zero-order valence-corrected chi connectivity index (χ0v) is 15.1. The van der Waals surface area contributed by atoms with Crippen LogP contribution in [0.1, 0.15) is 30.4 Å². The largest absolute Gasteiger partial charge is 0.406 e. The lowest BCUT2D eigenvalue weighted by Gasteiger charge is -2.30. The smallest absolute Gasteiger partial charge is 0.328 e. The number of hydrogen-bond donors (Lipinski definition) is 0. The van der Waals surface area contributed by atoms with Gasteiger partial charge in [-0.2, -0.15) is 13.2 Å². The molecule has 0 saturated carbocycles. The molecule has 20 heavy (non-hydrogen) atoms. The predicted molar refractivity (Wildman–Crippen MR) is 81.1 cm³/mol. The third-order valence-electron chi connectivity index (χ3n) is 2.18. The normalized spacial score (nSPS) is 12.6. The Labute approximate surface area is 136 Å². The first-order chi connectivity index (χ1) is 8.89. The van der Waals surface area contributed by atoms with Crippen molar-refractivity contribution in [3.05, 3.63) is 19.2 Å². The molecule has 0 bridgehead atoms. The van der Waals surface area contributed by atoms with Crippen LogP contribution in [0.3, 0.4) is 0 Å². The molecule has 1 amide bonds. The molecule has 1 aromatic rings. The lowest BCUT2D eigenvalue weighted by molar-refractivity contribution is -0.142. The maximum Gasteiger partial charge on any atom is 0.406 e. The Morgan fingerprint density at radius 2 is 1.80 bits per heavy atom. The minimum absolute atomic E-state index is 0.0402. The molecule has 8 heteroatoms. The zero-order valence-electron chi connectivity index (χ0n) is 11.1. The second-order valence-corrected chi connectivity index (χ2v) is 8.79. The van der Waals surface area contributed by atoms with Gasteiger partial charge in [-0.05, 0) is 43.3 Å². The quantitative estimate of drug-likeness (QED) is 0.627. The fourth-order valence-corrected chi connectivity index (χ4v) is 3.60. The molecule has 0 spiro atoms. The third kappa shape index (κ3) is 5.73. The number of hydrogen-bond acceptors (Lipinski definition) is 2. The van der Waals surface area contributed by atoms with Crippen LogP contribution in [0.15, 0.2) is 14.3 Å². The van der Waals surface area contributed by atoms with E-state index in [1.807, 2.05) is 0 Å². The number of rotatable bonds is 3. The van der Waals surface area contributed by atoms with Crippen LogP contribution in [0.25, 0.3) is 0 Å². The highest BCUT2D eigenvalue weighted by molar-refractivity contribution is 9.13. The Bertz CT molecular complexity index is 458. The van der Waals surface area contributed by atoms with Gasteiger partial charge in [0.05, 0.1) is 8.66 Å². The lowest BCUT2D eigenvalue weighted by atomic mass is 9.96. The molecule has 0 unspecified atom stereocenters. The molecule has 0 aliphatic heterocycles. The van der Waals surface area contributed by atoms with Crippen LogP contribution in [0.5, 0.6) is 0 Å². The Kier molecular flexibility index (Phi) is 5.71. The van der Waals surface area contributed by atoms with E-state index in [-0.39, 0.29) is 11.4 Å². The molecule has 0 aliphatic carbocycles. The highest BCUT2D eigenvalue weighted by Gasteiger charge is 2.35. The van der Waals surface area contributed by atoms with Crippen molar-refractivity contribution in [1.29, 1.82) is 0 Å². The van der Waals surface area contributed by atoms with Gasteiger partial charge in [-0.15, -0.1) is 11.3 Å². The number of halogens is 5. The summed E-state index contributed by atoms with van der Waals surface area (Å²) in [7, 11) is 0. The number of carbonyl (C=O) groups is 1. The second kappa shape index (κ2) is 6.36. The number of alkyl halides is 3. The summed E-state index contributed by atoms with van der Waals surface area (Å²) >= 11 is 7.58. The molecule has 0 saturated heterocycles. The summed E-state index contributed by atoms with van der Waals surface area (Å²) in [5, 5.41) is 0. The van der Waals surface area contributed by atoms with Crippen LogP contribution < -0.4 is 0 Å².